The molecule has 0 bridgehead atoms. The maximum absolute atomic E-state index is 10.7. The van der Waals surface area contributed by atoms with Gasteiger partial charge in [0.15, 0.2) is 0 Å². The van der Waals surface area contributed by atoms with Crippen molar-refractivity contribution in [3.8, 4) is 0 Å². The number of aryl methyl sites for hydroxylation is 1. The van der Waals surface area contributed by atoms with E-state index in [0.717, 1.165) is 30.4 Å². The molecule has 1 aromatic rings. The Labute approximate surface area is 94.7 Å². The van der Waals surface area contributed by atoms with Crippen LogP contribution >= 0.6 is 0 Å². The van der Waals surface area contributed by atoms with Gasteiger partial charge in [-0.3, -0.25) is 4.79 Å². The minimum absolute atomic E-state index is 0.0511. The van der Waals surface area contributed by atoms with Crippen LogP contribution in [0, 0.1) is 5.92 Å². The summed E-state index contributed by atoms with van der Waals surface area (Å²) in [4.78, 5) is 10.7. The van der Waals surface area contributed by atoms with Crippen molar-refractivity contribution < 1.29 is 15.0 Å². The topological polar surface area (TPSA) is 57.5 Å². The Hall–Kier alpha value is -1.35. The number of hydrogen-bond acceptors (Lipinski definition) is 2. The zero-order valence-electron chi connectivity index (χ0n) is 9.10. The van der Waals surface area contributed by atoms with Gasteiger partial charge >= 0.3 is 5.97 Å². The first kappa shape index (κ1) is 11.1. The van der Waals surface area contributed by atoms with Crippen LogP contribution in [-0.4, -0.2) is 16.2 Å². The van der Waals surface area contributed by atoms with E-state index >= 15 is 0 Å². The maximum Gasteiger partial charge on any atom is 0.303 e. The number of hydrogen-bond donors (Lipinski definition) is 2. The Morgan fingerprint density at radius 1 is 1.38 bits per heavy atom. The molecule has 2 N–H and O–H groups in total. The van der Waals surface area contributed by atoms with Crippen molar-refractivity contribution in [3.63, 3.8) is 0 Å². The van der Waals surface area contributed by atoms with Crippen LogP contribution in [0.2, 0.25) is 0 Å². The summed E-state index contributed by atoms with van der Waals surface area (Å²) in [6.45, 7) is 0. The van der Waals surface area contributed by atoms with Crippen molar-refractivity contribution in [2.45, 2.75) is 31.8 Å². The molecule has 86 valence electrons. The van der Waals surface area contributed by atoms with Crippen LogP contribution in [-0.2, 0) is 11.2 Å². The minimum Gasteiger partial charge on any atom is -0.481 e. The summed E-state index contributed by atoms with van der Waals surface area (Å²) in [5.41, 5.74) is 2.06. The molecule has 2 rings (SSSR count). The van der Waals surface area contributed by atoms with E-state index in [2.05, 4.69) is 0 Å². The van der Waals surface area contributed by atoms with E-state index in [1.165, 1.54) is 0 Å². The molecule has 0 radical (unpaired) electrons. The lowest BCUT2D eigenvalue weighted by atomic mass is 9.91. The Bertz CT molecular complexity index is 387. The van der Waals surface area contributed by atoms with Crippen LogP contribution in [0.5, 0.6) is 0 Å². The van der Waals surface area contributed by atoms with Gasteiger partial charge in [-0.05, 0) is 36.3 Å². The number of benzene rings is 1. The van der Waals surface area contributed by atoms with Crippen molar-refractivity contribution in [2.75, 3.05) is 0 Å². The van der Waals surface area contributed by atoms with Gasteiger partial charge in [-0.25, -0.2) is 0 Å². The molecule has 1 aliphatic rings. The quantitative estimate of drug-likeness (QED) is 0.751. The minimum atomic E-state index is -0.830. The van der Waals surface area contributed by atoms with Gasteiger partial charge in [0, 0.05) is 0 Å². The molecule has 1 aromatic carbocycles. The summed E-state index contributed by atoms with van der Waals surface area (Å²) < 4.78 is 0. The van der Waals surface area contributed by atoms with Crippen molar-refractivity contribution in [2.24, 2.45) is 5.92 Å². The predicted molar refractivity (Wildman–Crippen MR) is 60.1 cm³/mol. The molecule has 3 nitrogen and oxygen atoms in total. The standard InChI is InChI=1S/C13H16O3/c14-12(15)8-10-6-3-5-9-4-1-2-7-11(9)13(10)16/h1-2,4,7,10,13,16H,3,5-6,8H2,(H,14,15)/t10-,13-/m0/s1. The molecule has 0 saturated carbocycles. The van der Waals surface area contributed by atoms with Crippen LogP contribution in [0.15, 0.2) is 24.3 Å². The first-order chi connectivity index (χ1) is 7.68. The van der Waals surface area contributed by atoms with Crippen molar-refractivity contribution in [1.82, 2.24) is 0 Å². The third-order valence-electron chi connectivity index (χ3n) is 3.28. The van der Waals surface area contributed by atoms with Gasteiger partial charge in [-0.15, -0.1) is 0 Å². The largest absolute Gasteiger partial charge is 0.481 e. The van der Waals surface area contributed by atoms with Gasteiger partial charge in [-0.2, -0.15) is 0 Å². The average Bonchev–Trinajstić information content (AvgIpc) is 2.40. The van der Waals surface area contributed by atoms with Gasteiger partial charge in [-0.1, -0.05) is 24.3 Å². The lowest BCUT2D eigenvalue weighted by molar-refractivity contribution is -0.139. The third-order valence-corrected chi connectivity index (χ3v) is 3.28. The number of aliphatic hydroxyl groups excluding tert-OH is 1. The molecule has 0 unspecified atom stereocenters. The summed E-state index contributed by atoms with van der Waals surface area (Å²) >= 11 is 0. The highest BCUT2D eigenvalue weighted by Crippen LogP contribution is 2.34. The molecule has 0 fully saturated rings. The first-order valence-corrected chi connectivity index (χ1v) is 5.66. The fourth-order valence-electron chi connectivity index (χ4n) is 2.45. The molecule has 0 spiro atoms. The van der Waals surface area contributed by atoms with Crippen LogP contribution in [0.1, 0.15) is 36.5 Å². The summed E-state index contributed by atoms with van der Waals surface area (Å²) in [5, 5.41) is 19.0. The van der Waals surface area contributed by atoms with Gasteiger partial charge in [0.2, 0.25) is 0 Å². The molecule has 16 heavy (non-hydrogen) atoms. The number of carboxylic acid groups (broad SMARTS) is 1. The normalized spacial score (nSPS) is 24.6. The smallest absolute Gasteiger partial charge is 0.303 e. The Morgan fingerprint density at radius 3 is 2.88 bits per heavy atom. The van der Waals surface area contributed by atoms with E-state index in [-0.39, 0.29) is 12.3 Å². The first-order valence-electron chi connectivity index (χ1n) is 5.66. The maximum atomic E-state index is 10.7. The summed E-state index contributed by atoms with van der Waals surface area (Å²) in [6.07, 6.45) is 2.09. The van der Waals surface area contributed by atoms with E-state index in [0.29, 0.717) is 0 Å². The molecule has 0 aliphatic heterocycles. The molecule has 0 amide bonds. The molecule has 2 atom stereocenters. The zero-order chi connectivity index (χ0) is 11.5. The Kier molecular flexibility index (Phi) is 3.25. The van der Waals surface area contributed by atoms with Gasteiger partial charge in [0.1, 0.15) is 0 Å². The Balaban J connectivity index is 2.26. The van der Waals surface area contributed by atoms with Gasteiger partial charge in [0.25, 0.3) is 0 Å². The fraction of sp³-hybridized carbons (Fsp3) is 0.462. The summed E-state index contributed by atoms with van der Waals surface area (Å²) in [6, 6.07) is 7.77. The number of fused-ring (bicyclic) bond motifs is 1. The molecule has 1 aliphatic carbocycles. The van der Waals surface area contributed by atoms with E-state index in [1.807, 2.05) is 24.3 Å². The average molecular weight is 220 g/mol. The number of rotatable bonds is 2. The molecular formula is C13H16O3. The van der Waals surface area contributed by atoms with E-state index in [9.17, 15) is 9.90 Å². The SMILES string of the molecule is O=C(O)C[C@@H]1CCCc2ccccc2[C@H]1O. The van der Waals surface area contributed by atoms with Crippen molar-refractivity contribution >= 4 is 5.97 Å². The highest BCUT2D eigenvalue weighted by Gasteiger charge is 2.27. The number of carbonyl (C=O) groups is 1. The summed E-state index contributed by atoms with van der Waals surface area (Å²) in [5.74, 6) is -0.982. The van der Waals surface area contributed by atoms with Crippen LogP contribution in [0.3, 0.4) is 0 Å². The molecular weight excluding hydrogens is 204 g/mol. The second kappa shape index (κ2) is 4.66. The van der Waals surface area contributed by atoms with Gasteiger partial charge in [0.05, 0.1) is 12.5 Å². The van der Waals surface area contributed by atoms with Crippen molar-refractivity contribution in [1.29, 1.82) is 0 Å². The van der Waals surface area contributed by atoms with Gasteiger partial charge < -0.3 is 10.2 Å². The monoisotopic (exact) mass is 220 g/mol. The molecule has 3 heteroatoms. The predicted octanol–water partition coefficient (Wildman–Crippen LogP) is 2.15. The molecule has 0 saturated heterocycles. The molecule has 0 aromatic heterocycles. The second-order valence-electron chi connectivity index (χ2n) is 4.39. The lowest BCUT2D eigenvalue weighted by Gasteiger charge is -2.20. The van der Waals surface area contributed by atoms with E-state index in [4.69, 9.17) is 5.11 Å². The van der Waals surface area contributed by atoms with E-state index in [1.54, 1.807) is 0 Å². The highest BCUT2D eigenvalue weighted by atomic mass is 16.4. The third kappa shape index (κ3) is 2.25. The van der Waals surface area contributed by atoms with Crippen LogP contribution < -0.4 is 0 Å². The zero-order valence-corrected chi connectivity index (χ0v) is 9.10. The second-order valence-corrected chi connectivity index (χ2v) is 4.39. The fourth-order valence-corrected chi connectivity index (χ4v) is 2.45. The Morgan fingerprint density at radius 2 is 2.12 bits per heavy atom. The lowest BCUT2D eigenvalue weighted by Crippen LogP contribution is -2.15. The summed E-state index contributed by atoms with van der Waals surface area (Å²) in [7, 11) is 0. The number of aliphatic hydroxyl groups is 1. The highest BCUT2D eigenvalue weighted by molar-refractivity contribution is 5.67. The number of carboxylic acids is 1. The number of aliphatic carboxylic acids is 1. The van der Waals surface area contributed by atoms with E-state index < -0.39 is 12.1 Å². The molecule has 0 heterocycles. The van der Waals surface area contributed by atoms with Crippen LogP contribution in [0.4, 0.5) is 0 Å². The van der Waals surface area contributed by atoms with Crippen molar-refractivity contribution in [3.05, 3.63) is 35.4 Å². The van der Waals surface area contributed by atoms with Crippen LogP contribution in [0.25, 0.3) is 0 Å².